The van der Waals surface area contributed by atoms with E-state index in [1.807, 2.05) is 0 Å². The van der Waals surface area contributed by atoms with Crippen LogP contribution < -0.4 is 5.73 Å². The molecule has 1 atom stereocenters. The van der Waals surface area contributed by atoms with Crippen LogP contribution >= 0.6 is 0 Å². The number of fused-ring (bicyclic) bond motifs is 1. The van der Waals surface area contributed by atoms with Crippen molar-refractivity contribution in [3.63, 3.8) is 0 Å². The number of nitrogens with zero attached hydrogens (tertiary/aromatic N) is 3. The minimum absolute atomic E-state index is 0.0109. The fourth-order valence-corrected chi connectivity index (χ4v) is 3.52. The highest BCUT2D eigenvalue weighted by atomic mass is 19.4. The number of benzene rings is 2. The van der Waals surface area contributed by atoms with Crippen LogP contribution in [0.15, 0.2) is 66.9 Å². The fourth-order valence-electron chi connectivity index (χ4n) is 3.52. The third kappa shape index (κ3) is 3.92. The van der Waals surface area contributed by atoms with Gasteiger partial charge in [-0.2, -0.15) is 26.3 Å². The molecule has 0 spiro atoms. The molecule has 0 bridgehead atoms. The van der Waals surface area contributed by atoms with E-state index < -0.39 is 24.1 Å². The zero-order valence-electron chi connectivity index (χ0n) is 15.6. The van der Waals surface area contributed by atoms with E-state index in [4.69, 9.17) is 5.73 Å². The molecule has 2 heterocycles. The van der Waals surface area contributed by atoms with E-state index in [9.17, 15) is 26.3 Å². The molecule has 0 aliphatic heterocycles. The summed E-state index contributed by atoms with van der Waals surface area (Å²) in [6.45, 7) is 0. The maximum Gasteiger partial charge on any atom is 0.452 e. The lowest BCUT2D eigenvalue weighted by Gasteiger charge is -2.24. The van der Waals surface area contributed by atoms with E-state index in [2.05, 4.69) is 10.2 Å². The lowest BCUT2D eigenvalue weighted by atomic mass is 9.85. The number of hydrogen-bond acceptors (Lipinski definition) is 3. The Kier molecular flexibility index (Phi) is 4.87. The van der Waals surface area contributed by atoms with E-state index in [0.29, 0.717) is 4.40 Å². The van der Waals surface area contributed by atoms with Crippen molar-refractivity contribution in [2.75, 3.05) is 5.73 Å². The molecule has 1 unspecified atom stereocenters. The molecular formula is C21H14F6N4. The van der Waals surface area contributed by atoms with E-state index in [-0.39, 0.29) is 33.6 Å². The predicted molar refractivity (Wildman–Crippen MR) is 102 cm³/mol. The summed E-state index contributed by atoms with van der Waals surface area (Å²) in [5, 5.41) is 6.62. The average molecular weight is 436 g/mol. The summed E-state index contributed by atoms with van der Waals surface area (Å²) in [4.78, 5) is 0. The molecular weight excluding hydrogens is 422 g/mol. The van der Waals surface area contributed by atoms with Crippen LogP contribution in [0.4, 0.5) is 32.0 Å². The molecule has 0 fully saturated rings. The summed E-state index contributed by atoms with van der Waals surface area (Å²) in [6, 6.07) is 13.9. The number of aromatic nitrogens is 3. The average Bonchev–Trinajstić information content (AvgIpc) is 3.12. The summed E-state index contributed by atoms with van der Waals surface area (Å²) < 4.78 is 82.8. The van der Waals surface area contributed by atoms with Crippen LogP contribution in [0, 0.1) is 0 Å². The SMILES string of the molecule is Nc1ccc(-c2ccc3nnc(C(F)(F)F)n3c2)c(C(c2ccccc2)C(F)(F)F)c1. The summed E-state index contributed by atoms with van der Waals surface area (Å²) >= 11 is 0. The second-order valence-corrected chi connectivity index (χ2v) is 6.90. The van der Waals surface area contributed by atoms with Gasteiger partial charge in [0.25, 0.3) is 0 Å². The first kappa shape index (κ1) is 20.7. The Morgan fingerprint density at radius 2 is 1.55 bits per heavy atom. The highest BCUT2D eigenvalue weighted by Gasteiger charge is 2.43. The third-order valence-electron chi connectivity index (χ3n) is 4.81. The van der Waals surface area contributed by atoms with Crippen molar-refractivity contribution in [1.82, 2.24) is 14.6 Å². The number of nitrogen functional groups attached to an aromatic ring is 1. The Morgan fingerprint density at radius 3 is 2.19 bits per heavy atom. The number of pyridine rings is 1. The van der Waals surface area contributed by atoms with Crippen LogP contribution in [-0.2, 0) is 6.18 Å². The van der Waals surface area contributed by atoms with Crippen molar-refractivity contribution >= 4 is 11.3 Å². The molecule has 0 saturated carbocycles. The van der Waals surface area contributed by atoms with E-state index in [1.54, 1.807) is 6.07 Å². The highest BCUT2D eigenvalue weighted by molar-refractivity contribution is 5.72. The van der Waals surface area contributed by atoms with Crippen LogP contribution in [0.2, 0.25) is 0 Å². The molecule has 31 heavy (non-hydrogen) atoms. The minimum Gasteiger partial charge on any atom is -0.399 e. The maximum absolute atomic E-state index is 14.1. The van der Waals surface area contributed by atoms with Crippen molar-refractivity contribution < 1.29 is 26.3 Å². The second kappa shape index (κ2) is 7.29. The molecule has 4 aromatic rings. The topological polar surface area (TPSA) is 56.2 Å². The zero-order chi connectivity index (χ0) is 22.4. The van der Waals surface area contributed by atoms with Crippen molar-refractivity contribution in [1.29, 1.82) is 0 Å². The smallest absolute Gasteiger partial charge is 0.399 e. The molecule has 2 N–H and O–H groups in total. The molecule has 2 aromatic heterocycles. The van der Waals surface area contributed by atoms with Gasteiger partial charge in [0.05, 0.1) is 0 Å². The van der Waals surface area contributed by atoms with Crippen LogP contribution in [0.25, 0.3) is 16.8 Å². The second-order valence-electron chi connectivity index (χ2n) is 6.90. The Morgan fingerprint density at radius 1 is 0.839 bits per heavy atom. The minimum atomic E-state index is -4.78. The van der Waals surface area contributed by atoms with Gasteiger partial charge in [-0.15, -0.1) is 10.2 Å². The van der Waals surface area contributed by atoms with Gasteiger partial charge in [0, 0.05) is 11.9 Å². The normalized spacial score (nSPS) is 13.5. The number of halogens is 6. The number of alkyl halides is 6. The summed E-state index contributed by atoms with van der Waals surface area (Å²) in [6.07, 6.45) is -8.37. The number of nitrogens with two attached hydrogens (primary N) is 1. The molecule has 2 aromatic carbocycles. The number of anilines is 1. The summed E-state index contributed by atoms with van der Waals surface area (Å²) in [5.41, 5.74) is 5.86. The summed E-state index contributed by atoms with van der Waals surface area (Å²) in [7, 11) is 0. The van der Waals surface area contributed by atoms with Crippen molar-refractivity contribution in [3.8, 4) is 11.1 Å². The molecule has 0 amide bonds. The molecule has 4 nitrogen and oxygen atoms in total. The molecule has 0 saturated heterocycles. The Hall–Kier alpha value is -3.56. The largest absolute Gasteiger partial charge is 0.452 e. The fraction of sp³-hybridized carbons (Fsp3) is 0.143. The number of rotatable bonds is 3. The Bertz CT molecular complexity index is 1230. The lowest BCUT2D eigenvalue weighted by Crippen LogP contribution is -2.23. The van der Waals surface area contributed by atoms with Gasteiger partial charge >= 0.3 is 12.4 Å². The molecule has 0 aliphatic carbocycles. The first-order chi connectivity index (χ1) is 14.6. The van der Waals surface area contributed by atoms with Crippen molar-refractivity contribution in [2.45, 2.75) is 18.3 Å². The molecule has 160 valence electrons. The van der Waals surface area contributed by atoms with Gasteiger partial charge in [0.1, 0.15) is 5.92 Å². The van der Waals surface area contributed by atoms with Crippen LogP contribution in [0.3, 0.4) is 0 Å². The van der Waals surface area contributed by atoms with Crippen LogP contribution in [-0.4, -0.2) is 20.8 Å². The zero-order valence-corrected chi connectivity index (χ0v) is 15.6. The van der Waals surface area contributed by atoms with Crippen LogP contribution in [0.1, 0.15) is 22.9 Å². The number of hydrogen-bond donors (Lipinski definition) is 1. The van der Waals surface area contributed by atoms with Gasteiger partial charge in [-0.1, -0.05) is 36.4 Å². The maximum atomic E-state index is 14.1. The highest BCUT2D eigenvalue weighted by Crippen LogP contribution is 2.44. The Labute approximate surface area is 171 Å². The van der Waals surface area contributed by atoms with Gasteiger partial charge in [-0.3, -0.25) is 4.40 Å². The first-order valence-electron chi connectivity index (χ1n) is 8.99. The van der Waals surface area contributed by atoms with Gasteiger partial charge in [-0.05, 0) is 46.5 Å². The van der Waals surface area contributed by atoms with E-state index in [1.165, 1.54) is 54.6 Å². The Balaban J connectivity index is 1.95. The van der Waals surface area contributed by atoms with Gasteiger partial charge < -0.3 is 5.73 Å². The van der Waals surface area contributed by atoms with Gasteiger partial charge in [-0.25, -0.2) is 0 Å². The van der Waals surface area contributed by atoms with E-state index >= 15 is 0 Å². The molecule has 0 aliphatic rings. The van der Waals surface area contributed by atoms with Gasteiger partial charge in [0.15, 0.2) is 5.65 Å². The van der Waals surface area contributed by atoms with E-state index in [0.717, 1.165) is 6.20 Å². The molecule has 0 radical (unpaired) electrons. The van der Waals surface area contributed by atoms with Gasteiger partial charge in [0.2, 0.25) is 5.82 Å². The molecule has 10 heteroatoms. The quantitative estimate of drug-likeness (QED) is 0.332. The van der Waals surface area contributed by atoms with Crippen molar-refractivity contribution in [3.05, 3.63) is 83.8 Å². The third-order valence-corrected chi connectivity index (χ3v) is 4.81. The predicted octanol–water partition coefficient (Wildman–Crippen LogP) is 5.69. The van der Waals surface area contributed by atoms with Crippen LogP contribution in [0.5, 0.6) is 0 Å². The van der Waals surface area contributed by atoms with Crippen molar-refractivity contribution in [2.24, 2.45) is 0 Å². The monoisotopic (exact) mass is 436 g/mol. The lowest BCUT2D eigenvalue weighted by molar-refractivity contribution is -0.145. The first-order valence-corrected chi connectivity index (χ1v) is 8.99. The molecule has 4 rings (SSSR count). The summed E-state index contributed by atoms with van der Waals surface area (Å²) in [5.74, 6) is -3.29. The standard InChI is InChI=1S/C21H14F6N4/c22-20(23,24)18(12-4-2-1-3-5-12)16-10-14(28)7-8-15(16)13-6-9-17-29-30-19(21(25,26)27)31(17)11-13/h1-11,18H,28H2.